The number of rotatable bonds is 7. The Kier molecular flexibility index (Phi) is 6.23. The minimum absolute atomic E-state index is 0.214. The van der Waals surface area contributed by atoms with Gasteiger partial charge >= 0.3 is 6.36 Å². The zero-order chi connectivity index (χ0) is 17.6. The number of ether oxygens (including phenoxy) is 1. The Morgan fingerprint density at radius 1 is 1.04 bits per heavy atom. The van der Waals surface area contributed by atoms with E-state index in [2.05, 4.69) is 4.74 Å². The van der Waals surface area contributed by atoms with Crippen LogP contribution in [0.1, 0.15) is 11.1 Å². The molecule has 2 rings (SSSR count). The lowest BCUT2D eigenvalue weighted by Crippen LogP contribution is -2.30. The Bertz CT molecular complexity index is 632. The summed E-state index contributed by atoms with van der Waals surface area (Å²) < 4.78 is 41.4. The van der Waals surface area contributed by atoms with E-state index in [4.69, 9.17) is 0 Å². The van der Waals surface area contributed by atoms with Crippen molar-refractivity contribution in [3.05, 3.63) is 65.7 Å². The van der Waals surface area contributed by atoms with Crippen LogP contribution in [0.2, 0.25) is 0 Å². The number of alkyl halides is 3. The largest absolute Gasteiger partial charge is 0.573 e. The highest BCUT2D eigenvalue weighted by molar-refractivity contribution is 5.33. The first-order chi connectivity index (χ1) is 11.3. The molecule has 0 amide bonds. The van der Waals surface area contributed by atoms with Gasteiger partial charge in [0.2, 0.25) is 0 Å². The van der Waals surface area contributed by atoms with Crippen molar-refractivity contribution in [3.63, 3.8) is 0 Å². The molecule has 1 N–H and O–H groups in total. The quantitative estimate of drug-likeness (QED) is 0.836. The lowest BCUT2D eigenvalue weighted by molar-refractivity contribution is -0.275. The summed E-state index contributed by atoms with van der Waals surface area (Å²) in [5.41, 5.74) is 1.43. The molecule has 0 heterocycles. The monoisotopic (exact) mass is 339 g/mol. The third-order valence-electron chi connectivity index (χ3n) is 3.48. The molecule has 0 aliphatic rings. The van der Waals surface area contributed by atoms with Crippen molar-refractivity contribution in [1.29, 1.82) is 0 Å². The van der Waals surface area contributed by atoms with Gasteiger partial charge in [0.25, 0.3) is 0 Å². The minimum Gasteiger partial charge on any atom is -0.405 e. The number of halogens is 3. The molecule has 1 atom stereocenters. The van der Waals surface area contributed by atoms with Gasteiger partial charge in [-0.05, 0) is 25.1 Å². The van der Waals surface area contributed by atoms with Crippen LogP contribution < -0.4 is 4.74 Å². The predicted molar refractivity (Wildman–Crippen MR) is 85.6 cm³/mol. The summed E-state index contributed by atoms with van der Waals surface area (Å²) in [6, 6.07) is 15.6. The number of nitrogens with zero attached hydrogens (tertiary/aromatic N) is 1. The second-order valence-electron chi connectivity index (χ2n) is 5.70. The molecule has 130 valence electrons. The van der Waals surface area contributed by atoms with Gasteiger partial charge in [0.15, 0.2) is 0 Å². The van der Waals surface area contributed by atoms with Crippen molar-refractivity contribution in [2.45, 2.75) is 25.4 Å². The van der Waals surface area contributed by atoms with Crippen LogP contribution in [0, 0.1) is 0 Å². The topological polar surface area (TPSA) is 32.7 Å². The molecule has 0 fully saturated rings. The molecule has 1 unspecified atom stereocenters. The Morgan fingerprint density at radius 2 is 1.67 bits per heavy atom. The van der Waals surface area contributed by atoms with E-state index in [1.54, 1.807) is 24.1 Å². The lowest BCUT2D eigenvalue weighted by Gasteiger charge is -2.22. The van der Waals surface area contributed by atoms with Crippen molar-refractivity contribution in [1.82, 2.24) is 4.90 Å². The first-order valence-corrected chi connectivity index (χ1v) is 7.57. The van der Waals surface area contributed by atoms with Gasteiger partial charge < -0.3 is 9.84 Å². The van der Waals surface area contributed by atoms with E-state index in [1.807, 2.05) is 30.3 Å². The van der Waals surface area contributed by atoms with Gasteiger partial charge in [0.05, 0.1) is 6.10 Å². The Balaban J connectivity index is 1.93. The molecule has 3 nitrogen and oxygen atoms in total. The fourth-order valence-corrected chi connectivity index (χ4v) is 2.52. The molecule has 24 heavy (non-hydrogen) atoms. The average Bonchev–Trinajstić information content (AvgIpc) is 2.48. The molecule has 0 radical (unpaired) electrons. The summed E-state index contributed by atoms with van der Waals surface area (Å²) in [6.07, 6.45) is -4.83. The van der Waals surface area contributed by atoms with Crippen LogP contribution in [0.15, 0.2) is 54.6 Å². The van der Waals surface area contributed by atoms with Crippen LogP contribution in [0.3, 0.4) is 0 Å². The molecule has 0 aliphatic heterocycles. The summed E-state index contributed by atoms with van der Waals surface area (Å²) >= 11 is 0. The Morgan fingerprint density at radius 3 is 2.33 bits per heavy atom. The number of para-hydroxylation sites is 1. The fourth-order valence-electron chi connectivity index (χ4n) is 2.52. The number of aliphatic hydroxyl groups excluding tert-OH is 1. The maximum absolute atomic E-state index is 12.4. The fraction of sp³-hybridized carbons (Fsp3) is 0.333. The van der Waals surface area contributed by atoms with E-state index in [1.165, 1.54) is 12.1 Å². The number of benzene rings is 2. The first kappa shape index (κ1) is 18.3. The van der Waals surface area contributed by atoms with Gasteiger partial charge in [-0.2, -0.15) is 0 Å². The molecule has 0 saturated heterocycles. The van der Waals surface area contributed by atoms with E-state index in [-0.39, 0.29) is 12.3 Å². The van der Waals surface area contributed by atoms with Crippen LogP contribution in [0.4, 0.5) is 13.2 Å². The second kappa shape index (κ2) is 8.17. The molecule has 2 aromatic carbocycles. The van der Waals surface area contributed by atoms with E-state index in [9.17, 15) is 18.3 Å². The van der Waals surface area contributed by atoms with Crippen LogP contribution in [0.25, 0.3) is 0 Å². The van der Waals surface area contributed by atoms with Crippen LogP contribution in [-0.2, 0) is 13.0 Å². The predicted octanol–water partition coefficient (Wildman–Crippen LogP) is 3.62. The van der Waals surface area contributed by atoms with Crippen molar-refractivity contribution in [3.8, 4) is 5.75 Å². The van der Waals surface area contributed by atoms with Gasteiger partial charge in [-0.3, -0.25) is 4.90 Å². The molecule has 2 aromatic rings. The van der Waals surface area contributed by atoms with E-state index in [0.29, 0.717) is 18.5 Å². The molecule has 0 aromatic heterocycles. The van der Waals surface area contributed by atoms with Gasteiger partial charge in [0, 0.05) is 18.7 Å². The number of aliphatic hydroxyl groups is 1. The van der Waals surface area contributed by atoms with E-state index >= 15 is 0 Å². The van der Waals surface area contributed by atoms with Gasteiger partial charge in [-0.15, -0.1) is 13.2 Å². The molecule has 6 heteroatoms. The van der Waals surface area contributed by atoms with Crippen LogP contribution in [0.5, 0.6) is 5.75 Å². The van der Waals surface area contributed by atoms with Crippen molar-refractivity contribution < 1.29 is 23.0 Å². The zero-order valence-electron chi connectivity index (χ0n) is 13.3. The second-order valence-corrected chi connectivity index (χ2v) is 5.70. The first-order valence-electron chi connectivity index (χ1n) is 7.57. The highest BCUT2D eigenvalue weighted by Crippen LogP contribution is 2.27. The number of hydrogen-bond acceptors (Lipinski definition) is 3. The summed E-state index contributed by atoms with van der Waals surface area (Å²) in [5.74, 6) is -0.214. The van der Waals surface area contributed by atoms with Gasteiger partial charge in [-0.25, -0.2) is 0 Å². The van der Waals surface area contributed by atoms with Crippen LogP contribution in [-0.4, -0.2) is 36.1 Å². The average molecular weight is 339 g/mol. The van der Waals surface area contributed by atoms with E-state index in [0.717, 1.165) is 5.56 Å². The number of hydrogen-bond donors (Lipinski definition) is 1. The SMILES string of the molecule is CN(Cc1ccccc1OC(F)(F)F)CC(O)Cc1ccccc1. The zero-order valence-corrected chi connectivity index (χ0v) is 13.3. The normalized spacial score (nSPS) is 13.1. The van der Waals surface area contributed by atoms with Gasteiger partial charge in [-0.1, -0.05) is 48.5 Å². The number of likely N-dealkylation sites (N-methyl/N-ethyl adjacent to an activating group) is 1. The van der Waals surface area contributed by atoms with E-state index < -0.39 is 12.5 Å². The molecular formula is C18H20F3NO2. The molecule has 0 aliphatic carbocycles. The summed E-state index contributed by atoms with van der Waals surface area (Å²) in [5, 5.41) is 10.2. The van der Waals surface area contributed by atoms with Crippen molar-refractivity contribution >= 4 is 0 Å². The van der Waals surface area contributed by atoms with Crippen molar-refractivity contribution in [2.24, 2.45) is 0 Å². The summed E-state index contributed by atoms with van der Waals surface area (Å²) in [4.78, 5) is 1.77. The Hall–Kier alpha value is -2.05. The van der Waals surface area contributed by atoms with Gasteiger partial charge in [0.1, 0.15) is 5.75 Å². The molecular weight excluding hydrogens is 319 g/mol. The highest BCUT2D eigenvalue weighted by Gasteiger charge is 2.32. The summed E-state index contributed by atoms with van der Waals surface area (Å²) in [6.45, 7) is 0.591. The molecule has 0 spiro atoms. The molecule has 0 saturated carbocycles. The third-order valence-corrected chi connectivity index (χ3v) is 3.48. The summed E-state index contributed by atoms with van der Waals surface area (Å²) in [7, 11) is 1.75. The lowest BCUT2D eigenvalue weighted by atomic mass is 10.1. The standard InChI is InChI=1S/C18H20F3NO2/c1-22(13-16(23)11-14-7-3-2-4-8-14)12-15-9-5-6-10-17(15)24-18(19,20)21/h2-10,16,23H,11-13H2,1H3. The van der Waals surface area contributed by atoms with Crippen LogP contribution >= 0.6 is 0 Å². The third kappa shape index (κ3) is 6.22. The maximum atomic E-state index is 12.4. The smallest absolute Gasteiger partial charge is 0.405 e. The maximum Gasteiger partial charge on any atom is 0.573 e. The minimum atomic E-state index is -4.72. The highest BCUT2D eigenvalue weighted by atomic mass is 19.4. The van der Waals surface area contributed by atoms with Crippen molar-refractivity contribution in [2.75, 3.05) is 13.6 Å². The molecule has 0 bridgehead atoms. The Labute approximate surface area is 139 Å².